The van der Waals surface area contributed by atoms with Crippen LogP contribution in [-0.4, -0.2) is 38.9 Å². The average Bonchev–Trinajstić information content (AvgIpc) is 2.34. The van der Waals surface area contributed by atoms with Crippen LogP contribution in [0.1, 0.15) is 27.7 Å². The van der Waals surface area contributed by atoms with Gasteiger partial charge in [0.15, 0.2) is 5.16 Å². The first-order chi connectivity index (χ1) is 9.34. The highest BCUT2D eigenvalue weighted by molar-refractivity contribution is 7.99. The molecule has 1 aromatic rings. The van der Waals surface area contributed by atoms with Gasteiger partial charge in [-0.3, -0.25) is 10.2 Å². The van der Waals surface area contributed by atoms with Gasteiger partial charge in [0.1, 0.15) is 5.60 Å². The molecule has 0 radical (unpaired) electrons. The summed E-state index contributed by atoms with van der Waals surface area (Å²) in [6, 6.07) is 0.155. The molecule has 0 atom stereocenters. The molecule has 112 valence electrons. The molecule has 0 saturated carbocycles. The molecule has 9 heteroatoms. The minimum absolute atomic E-state index is 0.0941. The zero-order valence-electron chi connectivity index (χ0n) is 12.0. The summed E-state index contributed by atoms with van der Waals surface area (Å²) in [5.41, 5.74) is 1.80. The third-order valence-electron chi connectivity index (χ3n) is 1.74. The van der Waals surface area contributed by atoms with Gasteiger partial charge in [-0.2, -0.15) is 15.0 Å². The monoisotopic (exact) mass is 301 g/mol. The number of hydrazine groups is 1. The van der Waals surface area contributed by atoms with E-state index in [2.05, 4.69) is 20.4 Å². The average molecular weight is 301 g/mol. The first-order valence-electron chi connectivity index (χ1n) is 6.04. The number of nitrogens with zero attached hydrogens (tertiary/aromatic N) is 3. The van der Waals surface area contributed by atoms with Crippen LogP contribution in [0.3, 0.4) is 0 Å². The third kappa shape index (κ3) is 6.02. The second kappa shape index (κ2) is 7.25. The molecule has 0 aromatic carbocycles. The third-order valence-corrected chi connectivity index (χ3v) is 2.56. The summed E-state index contributed by atoms with van der Waals surface area (Å²) >= 11 is 1.13. The molecule has 0 amide bonds. The largest absolute Gasteiger partial charge is 0.464 e. The van der Waals surface area contributed by atoms with Gasteiger partial charge in [0.25, 0.3) is 0 Å². The van der Waals surface area contributed by atoms with E-state index in [9.17, 15) is 4.79 Å². The Hall–Kier alpha value is -1.61. The number of nitrogen functional groups attached to an aromatic ring is 1. The van der Waals surface area contributed by atoms with Gasteiger partial charge in [-0.25, -0.2) is 5.84 Å². The van der Waals surface area contributed by atoms with Crippen molar-refractivity contribution in [3.8, 4) is 6.01 Å². The Morgan fingerprint density at radius 3 is 2.60 bits per heavy atom. The lowest BCUT2D eigenvalue weighted by Gasteiger charge is -2.19. The number of esters is 1. The maximum Gasteiger partial charge on any atom is 0.322 e. The number of anilines is 1. The molecule has 0 fully saturated rings. The zero-order chi connectivity index (χ0) is 15.2. The van der Waals surface area contributed by atoms with Crippen molar-refractivity contribution in [2.75, 3.05) is 17.8 Å². The molecule has 0 aliphatic heterocycles. The Labute approximate surface area is 121 Å². The first-order valence-corrected chi connectivity index (χ1v) is 7.02. The Morgan fingerprint density at radius 2 is 2.05 bits per heavy atom. The van der Waals surface area contributed by atoms with Gasteiger partial charge in [0.05, 0.1) is 12.4 Å². The minimum atomic E-state index is -0.517. The van der Waals surface area contributed by atoms with Crippen molar-refractivity contribution in [3.05, 3.63) is 0 Å². The van der Waals surface area contributed by atoms with Gasteiger partial charge >= 0.3 is 12.0 Å². The van der Waals surface area contributed by atoms with E-state index in [1.165, 1.54) is 0 Å². The number of hydrogen-bond donors (Lipinski definition) is 2. The summed E-state index contributed by atoms with van der Waals surface area (Å²) in [5, 5.41) is 0.335. The van der Waals surface area contributed by atoms with Crippen LogP contribution >= 0.6 is 11.8 Å². The molecule has 1 heterocycles. The molecule has 1 rings (SSSR count). The highest BCUT2D eigenvalue weighted by Gasteiger charge is 2.17. The molecule has 0 aliphatic carbocycles. The predicted molar refractivity (Wildman–Crippen MR) is 75.4 cm³/mol. The standard InChI is InChI=1S/C11H19N5O3S/c1-5-18-9-13-8(16-12)14-10(15-9)20-6-7(17)19-11(2,3)4/h5-6,12H2,1-4H3,(H,13,14,15,16). The summed E-state index contributed by atoms with van der Waals surface area (Å²) in [7, 11) is 0. The highest BCUT2D eigenvalue weighted by Crippen LogP contribution is 2.18. The summed E-state index contributed by atoms with van der Waals surface area (Å²) in [6.45, 7) is 7.66. The molecule has 8 nitrogen and oxygen atoms in total. The maximum atomic E-state index is 11.6. The Morgan fingerprint density at radius 1 is 1.35 bits per heavy atom. The summed E-state index contributed by atoms with van der Waals surface area (Å²) in [5.74, 6) is 5.19. The van der Waals surface area contributed by atoms with Crippen LogP contribution in [0.25, 0.3) is 0 Å². The zero-order valence-corrected chi connectivity index (χ0v) is 12.8. The number of ether oxygens (including phenoxy) is 2. The van der Waals surface area contributed by atoms with Crippen molar-refractivity contribution >= 4 is 23.7 Å². The Bertz CT molecular complexity index is 464. The summed E-state index contributed by atoms with van der Waals surface area (Å²) in [4.78, 5) is 23.6. The fourth-order valence-electron chi connectivity index (χ4n) is 1.16. The SMILES string of the molecule is CCOc1nc(NN)nc(SCC(=O)OC(C)(C)C)n1. The molecule has 0 aliphatic rings. The van der Waals surface area contributed by atoms with Crippen LogP contribution in [0.5, 0.6) is 6.01 Å². The van der Waals surface area contributed by atoms with E-state index < -0.39 is 5.60 Å². The molecule has 0 bridgehead atoms. The maximum absolute atomic E-state index is 11.6. The van der Waals surface area contributed by atoms with E-state index in [1.807, 2.05) is 27.7 Å². The van der Waals surface area contributed by atoms with Crippen LogP contribution in [0.4, 0.5) is 5.95 Å². The number of thioether (sulfide) groups is 1. The second-order valence-electron chi connectivity index (χ2n) is 4.68. The van der Waals surface area contributed by atoms with Gasteiger partial charge in [0, 0.05) is 0 Å². The molecule has 3 N–H and O–H groups in total. The van der Waals surface area contributed by atoms with Gasteiger partial charge in [-0.15, -0.1) is 0 Å². The van der Waals surface area contributed by atoms with E-state index in [0.717, 1.165) is 11.8 Å². The lowest BCUT2D eigenvalue weighted by Crippen LogP contribution is -2.25. The summed E-state index contributed by atoms with van der Waals surface area (Å²) < 4.78 is 10.4. The first kappa shape index (κ1) is 16.4. The smallest absolute Gasteiger partial charge is 0.322 e. The number of nitrogens with two attached hydrogens (primary N) is 1. The predicted octanol–water partition coefficient (Wildman–Crippen LogP) is 0.990. The number of rotatable bonds is 6. The number of aromatic nitrogens is 3. The van der Waals surface area contributed by atoms with Crippen LogP contribution < -0.4 is 16.0 Å². The van der Waals surface area contributed by atoms with E-state index in [4.69, 9.17) is 15.3 Å². The second-order valence-corrected chi connectivity index (χ2v) is 5.62. The molecule has 1 aromatic heterocycles. The van der Waals surface area contributed by atoms with Crippen LogP contribution in [0, 0.1) is 0 Å². The fraction of sp³-hybridized carbons (Fsp3) is 0.636. The minimum Gasteiger partial charge on any atom is -0.464 e. The molecule has 20 heavy (non-hydrogen) atoms. The lowest BCUT2D eigenvalue weighted by molar-refractivity contribution is -0.151. The quantitative estimate of drug-likeness (QED) is 0.343. The fourth-order valence-corrected chi connectivity index (χ4v) is 1.75. The summed E-state index contributed by atoms with van der Waals surface area (Å²) in [6.07, 6.45) is 0. The normalized spacial score (nSPS) is 11.1. The Kier molecular flexibility index (Phi) is 5.96. The lowest BCUT2D eigenvalue weighted by atomic mass is 10.2. The molecule has 0 spiro atoms. The van der Waals surface area contributed by atoms with Crippen LogP contribution in [0.15, 0.2) is 5.16 Å². The van der Waals surface area contributed by atoms with Crippen molar-refractivity contribution in [2.45, 2.75) is 38.5 Å². The number of hydrogen-bond acceptors (Lipinski definition) is 9. The van der Waals surface area contributed by atoms with Crippen molar-refractivity contribution < 1.29 is 14.3 Å². The van der Waals surface area contributed by atoms with Crippen molar-refractivity contribution in [2.24, 2.45) is 5.84 Å². The molecule has 0 saturated heterocycles. The van der Waals surface area contributed by atoms with Crippen molar-refractivity contribution in [1.82, 2.24) is 15.0 Å². The highest BCUT2D eigenvalue weighted by atomic mass is 32.2. The van der Waals surface area contributed by atoms with E-state index >= 15 is 0 Å². The number of carbonyl (C=O) groups is 1. The Balaban J connectivity index is 2.67. The van der Waals surface area contributed by atoms with Gasteiger partial charge in [-0.05, 0) is 27.7 Å². The number of nitrogens with one attached hydrogen (secondary N) is 1. The van der Waals surface area contributed by atoms with Crippen LogP contribution in [-0.2, 0) is 9.53 Å². The van der Waals surface area contributed by atoms with Crippen molar-refractivity contribution in [1.29, 1.82) is 0 Å². The number of carbonyl (C=O) groups excluding carboxylic acids is 1. The van der Waals surface area contributed by atoms with Gasteiger partial charge in [-0.1, -0.05) is 11.8 Å². The van der Waals surface area contributed by atoms with Crippen LogP contribution in [0.2, 0.25) is 0 Å². The topological polar surface area (TPSA) is 112 Å². The van der Waals surface area contributed by atoms with Gasteiger partial charge in [0.2, 0.25) is 5.95 Å². The van der Waals surface area contributed by atoms with E-state index in [0.29, 0.717) is 11.8 Å². The molecular weight excluding hydrogens is 282 g/mol. The van der Waals surface area contributed by atoms with Gasteiger partial charge < -0.3 is 9.47 Å². The van der Waals surface area contributed by atoms with E-state index in [-0.39, 0.29) is 23.7 Å². The van der Waals surface area contributed by atoms with E-state index in [1.54, 1.807) is 0 Å². The molecular formula is C11H19N5O3S. The van der Waals surface area contributed by atoms with Crippen molar-refractivity contribution in [3.63, 3.8) is 0 Å². The molecule has 0 unspecified atom stereocenters.